The SMILES string of the molecule is C=C(Br)CSc1ncnc2c1cnn2-c1ccccc1. The second-order valence-corrected chi connectivity index (χ2v) is 6.20. The Balaban J connectivity index is 2.06. The number of halogens is 1. The molecule has 0 bridgehead atoms. The highest BCUT2D eigenvalue weighted by molar-refractivity contribution is 9.11. The third-order valence-corrected chi connectivity index (χ3v) is 4.44. The highest BCUT2D eigenvalue weighted by Gasteiger charge is 2.11. The number of thioether (sulfide) groups is 1. The molecule has 0 amide bonds. The van der Waals surface area contributed by atoms with Crippen molar-refractivity contribution >= 4 is 38.7 Å². The summed E-state index contributed by atoms with van der Waals surface area (Å²) in [6.07, 6.45) is 3.38. The molecular weight excluding hydrogens is 336 g/mol. The Morgan fingerprint density at radius 3 is 2.80 bits per heavy atom. The van der Waals surface area contributed by atoms with Crippen molar-refractivity contribution in [2.75, 3.05) is 5.75 Å². The Hall–Kier alpha value is -1.66. The van der Waals surface area contributed by atoms with Crippen LogP contribution in [0.15, 0.2) is 58.9 Å². The van der Waals surface area contributed by atoms with Crippen LogP contribution < -0.4 is 0 Å². The molecule has 6 heteroatoms. The first kappa shape index (κ1) is 13.3. The average Bonchev–Trinajstić information content (AvgIpc) is 2.90. The fraction of sp³-hybridized carbons (Fsp3) is 0.0714. The number of hydrogen-bond acceptors (Lipinski definition) is 4. The summed E-state index contributed by atoms with van der Waals surface area (Å²) >= 11 is 4.97. The van der Waals surface area contributed by atoms with E-state index in [4.69, 9.17) is 0 Å². The van der Waals surface area contributed by atoms with E-state index in [1.165, 1.54) is 0 Å². The zero-order valence-corrected chi connectivity index (χ0v) is 12.9. The normalized spacial score (nSPS) is 10.8. The predicted molar refractivity (Wildman–Crippen MR) is 85.5 cm³/mol. The van der Waals surface area contributed by atoms with E-state index in [2.05, 4.69) is 37.6 Å². The van der Waals surface area contributed by atoms with Crippen molar-refractivity contribution in [2.24, 2.45) is 0 Å². The number of rotatable bonds is 4. The fourth-order valence-electron chi connectivity index (χ4n) is 1.84. The molecule has 1 aromatic carbocycles. The number of benzene rings is 1. The zero-order chi connectivity index (χ0) is 13.9. The van der Waals surface area contributed by atoms with Crippen LogP contribution in [0, 0.1) is 0 Å². The number of nitrogens with zero attached hydrogens (tertiary/aromatic N) is 4. The van der Waals surface area contributed by atoms with Gasteiger partial charge in [-0.15, -0.1) is 11.8 Å². The van der Waals surface area contributed by atoms with Gasteiger partial charge in [-0.25, -0.2) is 14.6 Å². The van der Waals surface area contributed by atoms with Crippen molar-refractivity contribution in [3.05, 3.63) is 53.9 Å². The summed E-state index contributed by atoms with van der Waals surface area (Å²) in [5.41, 5.74) is 1.80. The average molecular weight is 347 g/mol. The first-order valence-corrected chi connectivity index (χ1v) is 7.74. The van der Waals surface area contributed by atoms with Gasteiger partial charge in [0.2, 0.25) is 0 Å². The Labute approximate surface area is 129 Å². The lowest BCUT2D eigenvalue weighted by molar-refractivity contribution is 0.893. The number of aromatic nitrogens is 4. The molecule has 0 aliphatic carbocycles. The Morgan fingerprint density at radius 2 is 2.05 bits per heavy atom. The second kappa shape index (κ2) is 5.76. The molecule has 2 heterocycles. The molecule has 20 heavy (non-hydrogen) atoms. The van der Waals surface area contributed by atoms with Gasteiger partial charge < -0.3 is 0 Å². The van der Waals surface area contributed by atoms with Crippen LogP contribution in [0.3, 0.4) is 0 Å². The molecule has 0 spiro atoms. The van der Waals surface area contributed by atoms with Crippen molar-refractivity contribution in [1.29, 1.82) is 0 Å². The highest BCUT2D eigenvalue weighted by atomic mass is 79.9. The molecule has 0 fully saturated rings. The van der Waals surface area contributed by atoms with Crippen LogP contribution in [-0.2, 0) is 0 Å². The van der Waals surface area contributed by atoms with Gasteiger partial charge in [-0.3, -0.25) is 0 Å². The van der Waals surface area contributed by atoms with Gasteiger partial charge in [-0.1, -0.05) is 40.7 Å². The van der Waals surface area contributed by atoms with E-state index >= 15 is 0 Å². The molecule has 0 aliphatic rings. The van der Waals surface area contributed by atoms with E-state index in [9.17, 15) is 0 Å². The predicted octanol–water partition coefficient (Wildman–Crippen LogP) is 3.82. The van der Waals surface area contributed by atoms with Crippen molar-refractivity contribution in [1.82, 2.24) is 19.7 Å². The van der Waals surface area contributed by atoms with E-state index in [1.54, 1.807) is 18.1 Å². The van der Waals surface area contributed by atoms with Crippen molar-refractivity contribution in [3.63, 3.8) is 0 Å². The van der Waals surface area contributed by atoms with Gasteiger partial charge in [0, 0.05) is 5.75 Å². The van der Waals surface area contributed by atoms with Crippen LogP contribution in [0.25, 0.3) is 16.7 Å². The number of fused-ring (bicyclic) bond motifs is 1. The van der Waals surface area contributed by atoms with E-state index in [0.717, 1.165) is 32.0 Å². The Morgan fingerprint density at radius 1 is 1.25 bits per heavy atom. The van der Waals surface area contributed by atoms with Gasteiger partial charge in [-0.2, -0.15) is 5.10 Å². The summed E-state index contributed by atoms with van der Waals surface area (Å²) in [4.78, 5) is 8.67. The third kappa shape index (κ3) is 2.62. The maximum Gasteiger partial charge on any atom is 0.167 e. The standard InChI is InChI=1S/C14H11BrN4S/c1-10(15)8-20-14-12-7-18-19(13(12)16-9-17-14)11-5-3-2-4-6-11/h2-7,9H,1,8H2. The summed E-state index contributed by atoms with van der Waals surface area (Å²) < 4.78 is 2.76. The molecule has 0 saturated heterocycles. The molecule has 0 unspecified atom stereocenters. The summed E-state index contributed by atoms with van der Waals surface area (Å²) in [6.45, 7) is 3.83. The van der Waals surface area contributed by atoms with Crippen LogP contribution in [0.1, 0.15) is 0 Å². The number of para-hydroxylation sites is 1. The minimum atomic E-state index is 0.766. The third-order valence-electron chi connectivity index (χ3n) is 2.70. The minimum absolute atomic E-state index is 0.766. The molecule has 100 valence electrons. The monoisotopic (exact) mass is 346 g/mol. The van der Waals surface area contributed by atoms with E-state index in [0.29, 0.717) is 0 Å². The molecule has 3 aromatic rings. The van der Waals surface area contributed by atoms with Crippen LogP contribution in [0.4, 0.5) is 0 Å². The van der Waals surface area contributed by atoms with Crippen LogP contribution in [0.2, 0.25) is 0 Å². The summed E-state index contributed by atoms with van der Waals surface area (Å²) in [5, 5.41) is 6.29. The first-order chi connectivity index (χ1) is 9.75. The lowest BCUT2D eigenvalue weighted by Gasteiger charge is -2.03. The molecule has 0 radical (unpaired) electrons. The molecule has 2 aromatic heterocycles. The van der Waals surface area contributed by atoms with Crippen LogP contribution in [-0.4, -0.2) is 25.5 Å². The topological polar surface area (TPSA) is 43.6 Å². The van der Waals surface area contributed by atoms with Gasteiger partial charge in [0.15, 0.2) is 5.65 Å². The van der Waals surface area contributed by atoms with Gasteiger partial charge in [0.05, 0.1) is 17.3 Å². The van der Waals surface area contributed by atoms with E-state index in [-0.39, 0.29) is 0 Å². The smallest absolute Gasteiger partial charge is 0.167 e. The fourth-order valence-corrected chi connectivity index (χ4v) is 2.90. The lowest BCUT2D eigenvalue weighted by atomic mass is 10.3. The minimum Gasteiger partial charge on any atom is -0.229 e. The Kier molecular flexibility index (Phi) is 3.84. The lowest BCUT2D eigenvalue weighted by Crippen LogP contribution is -1.97. The van der Waals surface area contributed by atoms with Crippen molar-refractivity contribution in [3.8, 4) is 5.69 Å². The van der Waals surface area contributed by atoms with Gasteiger partial charge in [0.1, 0.15) is 11.4 Å². The maximum atomic E-state index is 4.42. The van der Waals surface area contributed by atoms with E-state index in [1.807, 2.05) is 41.2 Å². The highest BCUT2D eigenvalue weighted by Crippen LogP contribution is 2.27. The van der Waals surface area contributed by atoms with Crippen LogP contribution >= 0.6 is 27.7 Å². The molecule has 3 rings (SSSR count). The number of hydrogen-bond donors (Lipinski definition) is 0. The maximum absolute atomic E-state index is 4.42. The summed E-state index contributed by atoms with van der Waals surface area (Å²) in [7, 11) is 0. The Bertz CT molecular complexity index is 754. The van der Waals surface area contributed by atoms with Crippen molar-refractivity contribution in [2.45, 2.75) is 5.03 Å². The van der Waals surface area contributed by atoms with Gasteiger partial charge in [-0.05, 0) is 16.6 Å². The van der Waals surface area contributed by atoms with Crippen LogP contribution in [0.5, 0.6) is 0 Å². The molecule has 0 aliphatic heterocycles. The molecule has 0 N–H and O–H groups in total. The molecular formula is C14H11BrN4S. The van der Waals surface area contributed by atoms with Gasteiger partial charge >= 0.3 is 0 Å². The quantitative estimate of drug-likeness (QED) is 0.532. The first-order valence-electron chi connectivity index (χ1n) is 5.96. The second-order valence-electron chi connectivity index (χ2n) is 4.11. The summed E-state index contributed by atoms with van der Waals surface area (Å²) in [5.74, 6) is 0.766. The van der Waals surface area contributed by atoms with Crippen molar-refractivity contribution < 1.29 is 0 Å². The summed E-state index contributed by atoms with van der Waals surface area (Å²) in [6, 6.07) is 9.94. The molecule has 0 saturated carbocycles. The largest absolute Gasteiger partial charge is 0.229 e. The van der Waals surface area contributed by atoms with E-state index < -0.39 is 0 Å². The molecule has 0 atom stereocenters. The van der Waals surface area contributed by atoms with Gasteiger partial charge in [0.25, 0.3) is 0 Å². The zero-order valence-electron chi connectivity index (χ0n) is 10.5. The molecule has 4 nitrogen and oxygen atoms in total.